The van der Waals surface area contributed by atoms with E-state index in [1.54, 1.807) is 37.8 Å². The molecule has 2 heterocycles. The smallest absolute Gasteiger partial charge is 0.411 e. The third kappa shape index (κ3) is 11.9. The van der Waals surface area contributed by atoms with E-state index in [1.165, 1.54) is 4.90 Å². The minimum absolute atomic E-state index is 0.0460. The molecule has 0 bridgehead atoms. The van der Waals surface area contributed by atoms with Gasteiger partial charge in [-0.2, -0.15) is 0 Å². The minimum Gasteiger partial charge on any atom is -0.480 e. The number of anilines is 4. The number of hydrogen-bond acceptors (Lipinski definition) is 9. The molecule has 55 heavy (non-hydrogen) atoms. The van der Waals surface area contributed by atoms with Crippen molar-refractivity contribution in [1.82, 2.24) is 9.80 Å². The van der Waals surface area contributed by atoms with Gasteiger partial charge in [0, 0.05) is 16.6 Å². The second-order valence-electron chi connectivity index (χ2n) is 17.2. The third-order valence-corrected chi connectivity index (χ3v) is 11.0. The number of carbonyl (C=O) groups is 4. The molecule has 13 nitrogen and oxygen atoms in total. The first-order valence-corrected chi connectivity index (χ1v) is 20.2. The number of carboxylic acid groups (broad SMARTS) is 1. The number of benzene rings is 2. The first kappa shape index (κ1) is 43.5. The highest BCUT2D eigenvalue weighted by atomic mass is 79.9. The third-order valence-electron chi connectivity index (χ3n) is 10.5. The number of hydrogen-bond donors (Lipinski definition) is 5. The van der Waals surface area contributed by atoms with Gasteiger partial charge in [-0.3, -0.25) is 14.6 Å². The number of nitrogen functional groups attached to an aromatic ring is 3. The molecule has 2 aliphatic heterocycles. The average Bonchev–Trinajstić information content (AvgIpc) is 3.67. The maximum atomic E-state index is 13.1. The van der Waals surface area contributed by atoms with Crippen molar-refractivity contribution in [2.45, 2.75) is 148 Å². The van der Waals surface area contributed by atoms with Gasteiger partial charge in [0.25, 0.3) is 0 Å². The van der Waals surface area contributed by atoms with Crippen molar-refractivity contribution >= 4 is 62.7 Å². The van der Waals surface area contributed by atoms with Crippen LogP contribution in [0.4, 0.5) is 32.3 Å². The van der Waals surface area contributed by atoms with Gasteiger partial charge >= 0.3 is 18.2 Å². The van der Waals surface area contributed by atoms with Gasteiger partial charge in [-0.15, -0.1) is 0 Å². The van der Waals surface area contributed by atoms with Crippen LogP contribution in [0.25, 0.3) is 0 Å². The maximum Gasteiger partial charge on any atom is 0.411 e. The van der Waals surface area contributed by atoms with Crippen LogP contribution in [-0.2, 0) is 19.1 Å². The molecule has 14 heteroatoms. The fraction of sp³-hybridized carbons (Fsp3) is 0.610. The summed E-state index contributed by atoms with van der Waals surface area (Å²) >= 11 is 3.26. The Morgan fingerprint density at radius 2 is 1.20 bits per heavy atom. The molecule has 4 aliphatic rings. The molecule has 0 spiro atoms. The Kier molecular flexibility index (Phi) is 14.4. The lowest BCUT2D eigenvalue weighted by atomic mass is 9.85. The van der Waals surface area contributed by atoms with Crippen LogP contribution in [0.1, 0.15) is 111 Å². The van der Waals surface area contributed by atoms with Gasteiger partial charge in [0.05, 0.1) is 22.7 Å². The zero-order valence-corrected chi connectivity index (χ0v) is 35.0. The Morgan fingerprint density at radius 3 is 1.65 bits per heavy atom. The summed E-state index contributed by atoms with van der Waals surface area (Å²) < 4.78 is 12.0. The Labute approximate surface area is 334 Å². The van der Waals surface area contributed by atoms with Crippen LogP contribution in [0.2, 0.25) is 0 Å². The fourth-order valence-corrected chi connectivity index (χ4v) is 8.47. The molecule has 2 aromatic carbocycles. The summed E-state index contributed by atoms with van der Waals surface area (Å²) in [5.74, 6) is -0.425. The molecule has 6 atom stereocenters. The van der Waals surface area contributed by atoms with Crippen molar-refractivity contribution in [1.29, 1.82) is 0 Å². The van der Waals surface area contributed by atoms with E-state index < -0.39 is 41.4 Å². The SMILES string of the molecule is CC(C)(C)OC(=O)N1[C@H](C(=O)O)C[C@@H]2CCCC[C@@H]21.Cc1ccc(NC(=O)[C@@H]2C[C@@H]3CCCC[C@@H]3N2C(=O)OC(C)(C)C)c(N)c1.Nc1ccc(Br)cc1N. The second-order valence-corrected chi connectivity index (χ2v) is 18.1. The van der Waals surface area contributed by atoms with Crippen LogP contribution in [0.5, 0.6) is 0 Å². The highest BCUT2D eigenvalue weighted by Gasteiger charge is 2.50. The zero-order chi connectivity index (χ0) is 40.8. The number of fused-ring (bicyclic) bond motifs is 2. The molecule has 2 saturated heterocycles. The molecule has 3 amide bonds. The van der Waals surface area contributed by atoms with E-state index in [1.807, 2.05) is 52.0 Å². The molecular formula is C41H61BrN6O7. The number of aryl methyl sites for hydroxylation is 1. The van der Waals surface area contributed by atoms with Gasteiger partial charge in [0.1, 0.15) is 23.3 Å². The highest BCUT2D eigenvalue weighted by Crippen LogP contribution is 2.42. The Balaban J connectivity index is 0.000000207. The molecule has 0 aromatic heterocycles. The summed E-state index contributed by atoms with van der Waals surface area (Å²) in [6.07, 6.45) is 8.72. The number of likely N-dealkylation sites (tertiary alicyclic amines) is 2. The number of aliphatic carboxylic acids is 1. The molecule has 304 valence electrons. The van der Waals surface area contributed by atoms with E-state index in [0.717, 1.165) is 61.4 Å². The van der Waals surface area contributed by atoms with Crippen molar-refractivity contribution < 1.29 is 33.8 Å². The Hall–Kier alpha value is -4.20. The van der Waals surface area contributed by atoms with E-state index in [-0.39, 0.29) is 18.0 Å². The van der Waals surface area contributed by atoms with Gasteiger partial charge in [-0.05, 0) is 135 Å². The summed E-state index contributed by atoms with van der Waals surface area (Å²) in [5, 5.41) is 12.3. The summed E-state index contributed by atoms with van der Waals surface area (Å²) in [6.45, 7) is 12.9. The van der Waals surface area contributed by atoms with Crippen LogP contribution < -0.4 is 22.5 Å². The molecule has 4 fully saturated rings. The number of rotatable bonds is 3. The fourth-order valence-electron chi connectivity index (χ4n) is 8.09. The number of halogens is 1. The Morgan fingerprint density at radius 1 is 0.709 bits per heavy atom. The number of amides is 3. The number of nitrogens with two attached hydrogens (primary N) is 3. The van der Waals surface area contributed by atoms with Crippen molar-refractivity contribution in [3.8, 4) is 0 Å². The number of ether oxygens (including phenoxy) is 2. The first-order chi connectivity index (χ1) is 25.6. The minimum atomic E-state index is -0.916. The lowest BCUT2D eigenvalue weighted by Crippen LogP contribution is -2.49. The van der Waals surface area contributed by atoms with Crippen LogP contribution in [0.3, 0.4) is 0 Å². The molecule has 0 unspecified atom stereocenters. The number of carboxylic acids is 1. The summed E-state index contributed by atoms with van der Waals surface area (Å²) in [4.78, 5) is 52.8. The van der Waals surface area contributed by atoms with E-state index >= 15 is 0 Å². The van der Waals surface area contributed by atoms with E-state index in [4.69, 9.17) is 26.7 Å². The molecule has 8 N–H and O–H groups in total. The van der Waals surface area contributed by atoms with E-state index in [2.05, 4.69) is 21.2 Å². The van der Waals surface area contributed by atoms with Crippen molar-refractivity contribution in [2.24, 2.45) is 11.8 Å². The monoisotopic (exact) mass is 828 g/mol. The van der Waals surface area contributed by atoms with Crippen LogP contribution in [0.15, 0.2) is 40.9 Å². The quantitative estimate of drug-likeness (QED) is 0.187. The summed E-state index contributed by atoms with van der Waals surface area (Å²) in [5.41, 5.74) is 19.2. The van der Waals surface area contributed by atoms with Crippen molar-refractivity contribution in [2.75, 3.05) is 22.5 Å². The topological polar surface area (TPSA) is 204 Å². The van der Waals surface area contributed by atoms with Gasteiger partial charge in [-0.1, -0.05) is 47.7 Å². The standard InChI is InChI=1S/C21H31N3O3.C14H23NO4.C6H7BrN2/c1-13-9-10-16(15(22)11-13)23-19(25)18-12-14-7-5-6-8-17(14)24(18)20(26)27-21(2,3)4;1-14(2,3)19-13(18)15-10-7-5-4-6-9(10)8-11(15)12(16)17;7-4-1-2-5(8)6(9)3-4/h9-11,14,17-18H,5-8,12,22H2,1-4H3,(H,23,25);9-11H,4-8H2,1-3H3,(H,16,17);1-3H,8-9H2/t14-,17-,18-;9-,10-,11-;/m00./s1. The largest absolute Gasteiger partial charge is 0.480 e. The molecular weight excluding hydrogens is 768 g/mol. The van der Waals surface area contributed by atoms with Gasteiger partial charge in [0.15, 0.2) is 0 Å². The second kappa shape index (κ2) is 18.2. The molecule has 2 saturated carbocycles. The van der Waals surface area contributed by atoms with Gasteiger partial charge in [0.2, 0.25) is 5.91 Å². The molecule has 2 aromatic rings. The van der Waals surface area contributed by atoms with Gasteiger partial charge in [-0.25, -0.2) is 14.4 Å². The van der Waals surface area contributed by atoms with Crippen molar-refractivity contribution in [3.63, 3.8) is 0 Å². The van der Waals surface area contributed by atoms with E-state index in [0.29, 0.717) is 47.4 Å². The number of carbonyl (C=O) groups excluding carboxylic acids is 3. The van der Waals surface area contributed by atoms with Crippen LogP contribution in [0, 0.1) is 18.8 Å². The van der Waals surface area contributed by atoms with Crippen LogP contribution >= 0.6 is 15.9 Å². The predicted octanol–water partition coefficient (Wildman–Crippen LogP) is 8.34. The number of nitrogens with one attached hydrogen (secondary N) is 1. The summed E-state index contributed by atoms with van der Waals surface area (Å²) in [7, 11) is 0. The van der Waals surface area contributed by atoms with E-state index in [9.17, 15) is 24.3 Å². The maximum absolute atomic E-state index is 13.1. The molecule has 0 radical (unpaired) electrons. The van der Waals surface area contributed by atoms with Crippen LogP contribution in [-0.4, -0.2) is 74.3 Å². The van der Waals surface area contributed by atoms with Gasteiger partial charge < -0.3 is 37.1 Å². The van der Waals surface area contributed by atoms with Crippen molar-refractivity contribution in [3.05, 3.63) is 46.4 Å². The molecule has 2 aliphatic carbocycles. The lowest BCUT2D eigenvalue weighted by Gasteiger charge is -2.34. The predicted molar refractivity (Wildman–Crippen MR) is 219 cm³/mol. The average molecular weight is 830 g/mol. The normalized spacial score (nSPS) is 24.5. The first-order valence-electron chi connectivity index (χ1n) is 19.4. The Bertz CT molecular complexity index is 1690. The lowest BCUT2D eigenvalue weighted by molar-refractivity contribution is -0.142. The summed E-state index contributed by atoms with van der Waals surface area (Å²) in [6, 6.07) is 9.82. The highest BCUT2D eigenvalue weighted by molar-refractivity contribution is 9.10. The molecule has 6 rings (SSSR count). The zero-order valence-electron chi connectivity index (χ0n) is 33.4. The number of nitrogens with zero attached hydrogens (tertiary/aromatic N) is 2.